The van der Waals surface area contributed by atoms with Gasteiger partial charge in [0.1, 0.15) is 0 Å². The normalized spacial score (nSPS) is 38.3. The standard InChI is InChI=1S/C18H34N2O/c1-14-6-5-7-15(12-14)17(20-19)16-8-11-21-18(13-16)9-3-2-4-10-18/h14-17,20H,2-13,19H2,1H3. The van der Waals surface area contributed by atoms with E-state index in [4.69, 9.17) is 10.6 Å². The highest BCUT2D eigenvalue weighted by Crippen LogP contribution is 2.44. The smallest absolute Gasteiger partial charge is 0.0685 e. The summed E-state index contributed by atoms with van der Waals surface area (Å²) in [5.41, 5.74) is 3.43. The van der Waals surface area contributed by atoms with Crippen molar-refractivity contribution in [1.82, 2.24) is 5.43 Å². The number of hydrogen-bond donors (Lipinski definition) is 2. The van der Waals surface area contributed by atoms with Crippen molar-refractivity contribution in [3.8, 4) is 0 Å². The van der Waals surface area contributed by atoms with Crippen molar-refractivity contribution < 1.29 is 4.74 Å². The molecule has 0 radical (unpaired) electrons. The van der Waals surface area contributed by atoms with Crippen molar-refractivity contribution in [2.45, 2.75) is 89.2 Å². The monoisotopic (exact) mass is 294 g/mol. The molecule has 2 aliphatic carbocycles. The molecule has 1 spiro atoms. The van der Waals surface area contributed by atoms with E-state index in [2.05, 4.69) is 12.3 Å². The highest BCUT2D eigenvalue weighted by atomic mass is 16.5. The minimum absolute atomic E-state index is 0.205. The number of hydrogen-bond acceptors (Lipinski definition) is 3. The predicted molar refractivity (Wildman–Crippen MR) is 86.7 cm³/mol. The molecule has 0 bridgehead atoms. The highest BCUT2D eigenvalue weighted by Gasteiger charge is 2.42. The van der Waals surface area contributed by atoms with E-state index in [1.165, 1.54) is 70.6 Å². The second kappa shape index (κ2) is 6.97. The van der Waals surface area contributed by atoms with Crippen molar-refractivity contribution >= 4 is 0 Å². The summed E-state index contributed by atoms with van der Waals surface area (Å²) in [6.45, 7) is 3.36. The van der Waals surface area contributed by atoms with Gasteiger partial charge in [-0.15, -0.1) is 0 Å². The van der Waals surface area contributed by atoms with Gasteiger partial charge < -0.3 is 4.74 Å². The molecule has 2 saturated carbocycles. The minimum Gasteiger partial charge on any atom is -0.375 e. The van der Waals surface area contributed by atoms with Crippen LogP contribution in [0.25, 0.3) is 0 Å². The van der Waals surface area contributed by atoms with E-state index in [-0.39, 0.29) is 5.60 Å². The average Bonchev–Trinajstić information content (AvgIpc) is 2.49. The van der Waals surface area contributed by atoms with Gasteiger partial charge in [0.2, 0.25) is 0 Å². The zero-order valence-electron chi connectivity index (χ0n) is 13.8. The van der Waals surface area contributed by atoms with Crippen LogP contribution in [0, 0.1) is 17.8 Å². The molecule has 0 aromatic heterocycles. The molecule has 3 rings (SSSR count). The molecular weight excluding hydrogens is 260 g/mol. The Hall–Kier alpha value is -0.120. The van der Waals surface area contributed by atoms with Crippen LogP contribution in [-0.4, -0.2) is 18.2 Å². The van der Waals surface area contributed by atoms with Crippen LogP contribution in [0.4, 0.5) is 0 Å². The van der Waals surface area contributed by atoms with E-state index < -0.39 is 0 Å². The maximum atomic E-state index is 6.27. The fourth-order valence-corrected chi connectivity index (χ4v) is 5.38. The molecule has 3 aliphatic rings. The van der Waals surface area contributed by atoms with Gasteiger partial charge >= 0.3 is 0 Å². The summed E-state index contributed by atoms with van der Waals surface area (Å²) in [5.74, 6) is 8.38. The third-order valence-electron chi connectivity index (χ3n) is 6.48. The Morgan fingerprint density at radius 3 is 2.57 bits per heavy atom. The molecule has 1 aliphatic heterocycles. The van der Waals surface area contributed by atoms with Gasteiger partial charge in [-0.1, -0.05) is 39.0 Å². The number of ether oxygens (including phenoxy) is 1. The molecule has 3 nitrogen and oxygen atoms in total. The van der Waals surface area contributed by atoms with Gasteiger partial charge in [0.05, 0.1) is 5.60 Å². The molecule has 3 N–H and O–H groups in total. The Morgan fingerprint density at radius 1 is 1.05 bits per heavy atom. The van der Waals surface area contributed by atoms with Gasteiger partial charge in [0, 0.05) is 12.6 Å². The van der Waals surface area contributed by atoms with Crippen LogP contribution in [0.1, 0.15) is 77.6 Å². The fraction of sp³-hybridized carbons (Fsp3) is 1.00. The van der Waals surface area contributed by atoms with Crippen LogP contribution in [0.15, 0.2) is 0 Å². The molecule has 0 aromatic carbocycles. The molecule has 1 saturated heterocycles. The van der Waals surface area contributed by atoms with Crippen LogP contribution < -0.4 is 11.3 Å². The van der Waals surface area contributed by atoms with Crippen molar-refractivity contribution in [2.75, 3.05) is 6.61 Å². The summed E-state index contributed by atoms with van der Waals surface area (Å²) in [6.07, 6.45) is 14.6. The molecule has 122 valence electrons. The maximum absolute atomic E-state index is 6.27. The predicted octanol–water partition coefficient (Wildman–Crippen LogP) is 3.77. The Morgan fingerprint density at radius 2 is 1.86 bits per heavy atom. The van der Waals surface area contributed by atoms with Crippen molar-refractivity contribution in [1.29, 1.82) is 0 Å². The molecule has 4 unspecified atom stereocenters. The zero-order chi connectivity index (χ0) is 14.7. The van der Waals surface area contributed by atoms with E-state index in [1.807, 2.05) is 0 Å². The van der Waals surface area contributed by atoms with E-state index in [9.17, 15) is 0 Å². The first-order valence-corrected chi connectivity index (χ1v) is 9.32. The second-order valence-electron chi connectivity index (χ2n) is 8.07. The number of nitrogens with two attached hydrogens (primary N) is 1. The SMILES string of the molecule is CC1CCCC(C(NN)C2CCOC3(CCCCC3)C2)C1. The van der Waals surface area contributed by atoms with Gasteiger partial charge in [-0.2, -0.15) is 0 Å². The van der Waals surface area contributed by atoms with Gasteiger partial charge in [0.25, 0.3) is 0 Å². The molecule has 1 heterocycles. The maximum Gasteiger partial charge on any atom is 0.0685 e. The largest absolute Gasteiger partial charge is 0.375 e. The van der Waals surface area contributed by atoms with E-state index in [0.29, 0.717) is 6.04 Å². The highest BCUT2D eigenvalue weighted by molar-refractivity contribution is 4.95. The lowest BCUT2D eigenvalue weighted by Gasteiger charge is -2.47. The van der Waals surface area contributed by atoms with Gasteiger partial charge in [-0.05, 0) is 56.3 Å². The number of rotatable bonds is 3. The van der Waals surface area contributed by atoms with Crippen LogP contribution in [0.5, 0.6) is 0 Å². The van der Waals surface area contributed by atoms with Crippen molar-refractivity contribution in [2.24, 2.45) is 23.6 Å². The first kappa shape index (κ1) is 15.8. The van der Waals surface area contributed by atoms with Crippen LogP contribution in [-0.2, 0) is 4.74 Å². The van der Waals surface area contributed by atoms with Crippen LogP contribution in [0.2, 0.25) is 0 Å². The molecule has 3 heteroatoms. The summed E-state index contributed by atoms with van der Waals surface area (Å²) in [4.78, 5) is 0. The summed E-state index contributed by atoms with van der Waals surface area (Å²) >= 11 is 0. The molecule has 4 atom stereocenters. The topological polar surface area (TPSA) is 47.3 Å². The summed E-state index contributed by atoms with van der Waals surface area (Å²) in [5, 5.41) is 0. The Bertz CT molecular complexity index is 322. The van der Waals surface area contributed by atoms with Crippen LogP contribution in [0.3, 0.4) is 0 Å². The Kier molecular flexibility index (Phi) is 5.23. The number of hydrazine groups is 1. The summed E-state index contributed by atoms with van der Waals surface area (Å²) in [6, 6.07) is 0.510. The second-order valence-corrected chi connectivity index (χ2v) is 8.07. The third kappa shape index (κ3) is 3.62. The van der Waals surface area contributed by atoms with Crippen molar-refractivity contribution in [3.63, 3.8) is 0 Å². The van der Waals surface area contributed by atoms with Gasteiger partial charge in [-0.3, -0.25) is 11.3 Å². The Balaban J connectivity index is 1.65. The molecule has 3 fully saturated rings. The number of nitrogens with one attached hydrogen (secondary N) is 1. The van der Waals surface area contributed by atoms with E-state index in [0.717, 1.165) is 24.4 Å². The minimum atomic E-state index is 0.205. The lowest BCUT2D eigenvalue weighted by atomic mass is 9.69. The first-order chi connectivity index (χ1) is 10.2. The quantitative estimate of drug-likeness (QED) is 0.615. The van der Waals surface area contributed by atoms with Crippen LogP contribution >= 0.6 is 0 Å². The molecular formula is C18H34N2O. The molecule has 0 amide bonds. The Labute approximate surface area is 130 Å². The first-order valence-electron chi connectivity index (χ1n) is 9.32. The van der Waals surface area contributed by atoms with E-state index >= 15 is 0 Å². The van der Waals surface area contributed by atoms with E-state index in [1.54, 1.807) is 0 Å². The third-order valence-corrected chi connectivity index (χ3v) is 6.48. The van der Waals surface area contributed by atoms with Gasteiger partial charge in [-0.25, -0.2) is 0 Å². The molecule has 0 aromatic rings. The fourth-order valence-electron chi connectivity index (χ4n) is 5.38. The zero-order valence-corrected chi connectivity index (χ0v) is 13.8. The lowest BCUT2D eigenvalue weighted by molar-refractivity contribution is -0.125. The molecule has 21 heavy (non-hydrogen) atoms. The summed E-state index contributed by atoms with van der Waals surface area (Å²) in [7, 11) is 0. The lowest BCUT2D eigenvalue weighted by Crippen LogP contribution is -2.52. The average molecular weight is 294 g/mol. The summed E-state index contributed by atoms with van der Waals surface area (Å²) < 4.78 is 6.27. The van der Waals surface area contributed by atoms with Gasteiger partial charge in [0.15, 0.2) is 0 Å². The van der Waals surface area contributed by atoms with Crippen molar-refractivity contribution in [3.05, 3.63) is 0 Å².